The Hall–Kier alpha value is -2.25. The van der Waals surface area contributed by atoms with Crippen LogP contribution in [0.5, 0.6) is 0 Å². The fraction of sp³-hybridized carbons (Fsp3) is 0.133. The van der Waals surface area contributed by atoms with E-state index in [0.717, 1.165) is 21.1 Å². The molecule has 1 N–H and O–H groups in total. The van der Waals surface area contributed by atoms with Gasteiger partial charge in [-0.15, -0.1) is 22.7 Å². The van der Waals surface area contributed by atoms with Crippen LogP contribution in [0, 0.1) is 6.92 Å². The van der Waals surface area contributed by atoms with Crippen LogP contribution in [0.4, 0.5) is 0 Å². The number of H-pyrrole nitrogens is 1. The molecule has 22 heavy (non-hydrogen) atoms. The van der Waals surface area contributed by atoms with E-state index >= 15 is 0 Å². The Labute approximate surface area is 133 Å². The molecule has 0 amide bonds. The Bertz CT molecular complexity index is 996. The number of fused-ring (bicyclic) bond motifs is 1. The standard InChI is InChI=1S/C15H11N3O2S2/c1-8-16-9(6-21-8)5-12-17-14(19)13-10(7-22-15(13)18-12)11-3-2-4-20-11/h2-4,6-7H,5H2,1H3,(H,17,18,19). The largest absolute Gasteiger partial charge is 0.464 e. The van der Waals surface area contributed by atoms with E-state index in [4.69, 9.17) is 4.42 Å². The summed E-state index contributed by atoms with van der Waals surface area (Å²) < 4.78 is 5.39. The van der Waals surface area contributed by atoms with E-state index in [1.165, 1.54) is 11.3 Å². The van der Waals surface area contributed by atoms with Crippen molar-refractivity contribution in [3.63, 3.8) is 0 Å². The van der Waals surface area contributed by atoms with Gasteiger partial charge in [-0.05, 0) is 19.1 Å². The van der Waals surface area contributed by atoms with Gasteiger partial charge in [0.05, 0.1) is 22.4 Å². The molecule has 0 aliphatic carbocycles. The Morgan fingerprint density at radius 3 is 2.91 bits per heavy atom. The summed E-state index contributed by atoms with van der Waals surface area (Å²) in [6, 6.07) is 3.65. The molecule has 0 saturated heterocycles. The number of thiophene rings is 1. The molecular formula is C15H11N3O2S2. The number of furan rings is 1. The molecular weight excluding hydrogens is 318 g/mol. The fourth-order valence-corrected chi connectivity index (χ4v) is 3.91. The quantitative estimate of drug-likeness (QED) is 0.623. The van der Waals surface area contributed by atoms with Crippen LogP contribution in [0.2, 0.25) is 0 Å². The Balaban J connectivity index is 1.80. The average Bonchev–Trinajstić information content (AvgIpc) is 3.18. The Morgan fingerprint density at radius 1 is 1.27 bits per heavy atom. The number of nitrogens with zero attached hydrogens (tertiary/aromatic N) is 2. The predicted molar refractivity (Wildman–Crippen MR) is 87.6 cm³/mol. The van der Waals surface area contributed by atoms with Gasteiger partial charge < -0.3 is 9.40 Å². The molecule has 4 aromatic rings. The lowest BCUT2D eigenvalue weighted by atomic mass is 10.2. The van der Waals surface area contributed by atoms with Gasteiger partial charge in [0.15, 0.2) is 0 Å². The van der Waals surface area contributed by atoms with E-state index in [1.54, 1.807) is 23.7 Å². The number of rotatable bonds is 3. The SMILES string of the molecule is Cc1nc(Cc2nc3scc(-c4ccco4)c3c(=O)[nH]2)cs1. The summed E-state index contributed by atoms with van der Waals surface area (Å²) in [5.74, 6) is 1.32. The maximum absolute atomic E-state index is 12.4. The van der Waals surface area contributed by atoms with Crippen molar-refractivity contribution in [2.75, 3.05) is 0 Å². The zero-order valence-electron chi connectivity index (χ0n) is 11.6. The van der Waals surface area contributed by atoms with Crippen molar-refractivity contribution in [2.24, 2.45) is 0 Å². The number of aromatic nitrogens is 3. The minimum atomic E-state index is -0.139. The number of thiazole rings is 1. The number of hydrogen-bond acceptors (Lipinski definition) is 6. The van der Waals surface area contributed by atoms with Crippen molar-refractivity contribution in [3.05, 3.63) is 56.0 Å². The summed E-state index contributed by atoms with van der Waals surface area (Å²) in [4.78, 5) is 25.0. The molecule has 4 rings (SSSR count). The predicted octanol–water partition coefficient (Wildman–Crippen LogP) is 3.60. The van der Waals surface area contributed by atoms with Gasteiger partial charge in [-0.3, -0.25) is 4.79 Å². The van der Waals surface area contributed by atoms with Crippen LogP contribution in [0.15, 0.2) is 38.4 Å². The summed E-state index contributed by atoms with van der Waals surface area (Å²) in [6.07, 6.45) is 2.13. The third kappa shape index (κ3) is 2.28. The highest BCUT2D eigenvalue weighted by Gasteiger charge is 2.15. The monoisotopic (exact) mass is 329 g/mol. The molecule has 0 saturated carbocycles. The van der Waals surface area contributed by atoms with Gasteiger partial charge in [0, 0.05) is 22.7 Å². The average molecular weight is 329 g/mol. The van der Waals surface area contributed by atoms with Crippen LogP contribution < -0.4 is 5.56 Å². The molecule has 110 valence electrons. The second kappa shape index (κ2) is 5.19. The lowest BCUT2D eigenvalue weighted by Gasteiger charge is -1.99. The van der Waals surface area contributed by atoms with Gasteiger partial charge in [-0.2, -0.15) is 0 Å². The molecule has 0 bridgehead atoms. The van der Waals surface area contributed by atoms with Gasteiger partial charge >= 0.3 is 0 Å². The van der Waals surface area contributed by atoms with Crippen molar-refractivity contribution in [3.8, 4) is 11.3 Å². The van der Waals surface area contributed by atoms with Gasteiger partial charge in [0.25, 0.3) is 5.56 Å². The van der Waals surface area contributed by atoms with Crippen LogP contribution in [0.3, 0.4) is 0 Å². The molecule has 7 heteroatoms. The maximum atomic E-state index is 12.4. The molecule has 4 aromatic heterocycles. The van der Waals surface area contributed by atoms with Crippen molar-refractivity contribution in [1.82, 2.24) is 15.0 Å². The summed E-state index contributed by atoms with van der Waals surface area (Å²) in [5, 5.41) is 5.48. The van der Waals surface area contributed by atoms with Crippen molar-refractivity contribution in [2.45, 2.75) is 13.3 Å². The maximum Gasteiger partial charge on any atom is 0.260 e. The first-order valence-corrected chi connectivity index (χ1v) is 8.42. The van der Waals surface area contributed by atoms with Crippen LogP contribution >= 0.6 is 22.7 Å². The topological polar surface area (TPSA) is 71.8 Å². The molecule has 0 aromatic carbocycles. The van der Waals surface area contributed by atoms with Crippen LogP contribution in [-0.2, 0) is 6.42 Å². The third-order valence-corrected chi connectivity index (χ3v) is 4.99. The minimum absolute atomic E-state index is 0.139. The zero-order chi connectivity index (χ0) is 15.1. The molecule has 0 aliphatic heterocycles. The molecule has 5 nitrogen and oxygen atoms in total. The van der Waals surface area contributed by atoms with Gasteiger partial charge in [-0.25, -0.2) is 9.97 Å². The van der Waals surface area contributed by atoms with Crippen molar-refractivity contribution < 1.29 is 4.42 Å². The van der Waals surface area contributed by atoms with E-state index in [2.05, 4.69) is 15.0 Å². The number of aromatic amines is 1. The number of aryl methyl sites for hydroxylation is 1. The normalized spacial score (nSPS) is 11.3. The van der Waals surface area contributed by atoms with Crippen molar-refractivity contribution >= 4 is 32.9 Å². The summed E-state index contributed by atoms with van der Waals surface area (Å²) in [6.45, 7) is 1.96. The second-order valence-electron chi connectivity index (χ2n) is 4.85. The fourth-order valence-electron chi connectivity index (χ4n) is 2.35. The zero-order valence-corrected chi connectivity index (χ0v) is 13.3. The lowest BCUT2D eigenvalue weighted by Crippen LogP contribution is -2.11. The second-order valence-corrected chi connectivity index (χ2v) is 6.77. The number of nitrogens with one attached hydrogen (secondary N) is 1. The highest BCUT2D eigenvalue weighted by atomic mass is 32.1. The lowest BCUT2D eigenvalue weighted by molar-refractivity contribution is 0.583. The molecule has 0 radical (unpaired) electrons. The van der Waals surface area contributed by atoms with E-state index in [0.29, 0.717) is 23.4 Å². The first-order valence-electron chi connectivity index (χ1n) is 6.66. The van der Waals surface area contributed by atoms with E-state index in [1.807, 2.05) is 23.8 Å². The molecule has 0 spiro atoms. The van der Waals surface area contributed by atoms with Gasteiger partial charge in [0.2, 0.25) is 0 Å². The van der Waals surface area contributed by atoms with E-state index in [9.17, 15) is 4.79 Å². The summed E-state index contributed by atoms with van der Waals surface area (Å²) in [5.41, 5.74) is 1.57. The first kappa shape index (κ1) is 13.4. The van der Waals surface area contributed by atoms with E-state index < -0.39 is 0 Å². The van der Waals surface area contributed by atoms with Crippen LogP contribution in [0.25, 0.3) is 21.5 Å². The van der Waals surface area contributed by atoms with Crippen LogP contribution in [0.1, 0.15) is 16.5 Å². The molecule has 4 heterocycles. The van der Waals surface area contributed by atoms with Gasteiger partial charge in [-0.1, -0.05) is 0 Å². The number of hydrogen-bond donors (Lipinski definition) is 1. The first-order chi connectivity index (χ1) is 10.7. The van der Waals surface area contributed by atoms with Crippen LogP contribution in [-0.4, -0.2) is 15.0 Å². The highest BCUT2D eigenvalue weighted by molar-refractivity contribution is 7.17. The van der Waals surface area contributed by atoms with Crippen molar-refractivity contribution in [1.29, 1.82) is 0 Å². The summed E-state index contributed by atoms with van der Waals surface area (Å²) in [7, 11) is 0. The molecule has 0 fully saturated rings. The minimum Gasteiger partial charge on any atom is -0.464 e. The molecule has 0 aliphatic rings. The summed E-state index contributed by atoms with van der Waals surface area (Å²) >= 11 is 3.04. The molecule has 0 atom stereocenters. The van der Waals surface area contributed by atoms with Gasteiger partial charge in [0.1, 0.15) is 16.4 Å². The Kier molecular flexibility index (Phi) is 3.16. The third-order valence-electron chi connectivity index (χ3n) is 3.29. The highest BCUT2D eigenvalue weighted by Crippen LogP contribution is 2.30. The Morgan fingerprint density at radius 2 is 2.18 bits per heavy atom. The smallest absolute Gasteiger partial charge is 0.260 e. The molecule has 0 unspecified atom stereocenters. The van der Waals surface area contributed by atoms with E-state index in [-0.39, 0.29) is 5.56 Å².